The smallest absolute Gasteiger partial charge is 0.256 e. The van der Waals surface area contributed by atoms with Gasteiger partial charge in [-0.15, -0.1) is 0 Å². The number of rotatable bonds is 8. The highest BCUT2D eigenvalue weighted by atomic mass is 35.5. The lowest BCUT2D eigenvalue weighted by molar-refractivity contribution is -0.141. The number of benzene rings is 2. The van der Waals surface area contributed by atoms with Crippen molar-refractivity contribution in [3.63, 3.8) is 0 Å². The molecule has 0 bridgehead atoms. The highest BCUT2D eigenvalue weighted by Crippen LogP contribution is 2.37. The van der Waals surface area contributed by atoms with Crippen molar-refractivity contribution in [3.8, 4) is 0 Å². The molecule has 1 aromatic heterocycles. The van der Waals surface area contributed by atoms with Crippen LogP contribution in [0.2, 0.25) is 5.15 Å². The average molecular weight is 577 g/mol. The van der Waals surface area contributed by atoms with Crippen molar-refractivity contribution >= 4 is 23.3 Å². The van der Waals surface area contributed by atoms with Crippen LogP contribution in [0.5, 0.6) is 0 Å². The quantitative estimate of drug-likeness (QED) is 0.367. The zero-order valence-corrected chi connectivity index (χ0v) is 24.7. The monoisotopic (exact) mass is 576 g/mol. The highest BCUT2D eigenvalue weighted by Gasteiger charge is 2.43. The zero-order valence-electron chi connectivity index (χ0n) is 24.0. The molecule has 2 aliphatic rings. The molecule has 3 aromatic rings. The number of hydrogen-bond acceptors (Lipinski definition) is 6. The Morgan fingerprint density at radius 1 is 0.902 bits per heavy atom. The third-order valence-electron chi connectivity index (χ3n) is 8.87. The molecule has 2 aliphatic heterocycles. The summed E-state index contributed by atoms with van der Waals surface area (Å²) in [7, 11) is 3.41. The van der Waals surface area contributed by atoms with Crippen LogP contribution in [0.25, 0.3) is 0 Å². The van der Waals surface area contributed by atoms with E-state index < -0.39 is 11.8 Å². The fourth-order valence-electron chi connectivity index (χ4n) is 6.42. The maximum absolute atomic E-state index is 12.3. The topological polar surface area (TPSA) is 80.1 Å². The van der Waals surface area contributed by atoms with Gasteiger partial charge in [0, 0.05) is 40.3 Å². The molecule has 5 rings (SSSR count). The standard InChI is InChI=1S/C33H41ClN4O3/c1-36(2)31(39)28-13-14-29(35-30(28)34)37-19-15-24(16-20-37)23-25-17-21-38(22-18-25)32(40)33(41,26-9-5-3-6-10-26)27-11-7-4-8-12-27/h3-14,24-25,32,40-41H,15-23H2,1-2H3. The summed E-state index contributed by atoms with van der Waals surface area (Å²) in [6, 6.07) is 22.7. The van der Waals surface area contributed by atoms with Gasteiger partial charge >= 0.3 is 0 Å². The van der Waals surface area contributed by atoms with Gasteiger partial charge < -0.3 is 20.0 Å². The Balaban J connectivity index is 1.15. The molecule has 41 heavy (non-hydrogen) atoms. The van der Waals surface area contributed by atoms with Crippen molar-refractivity contribution in [1.29, 1.82) is 0 Å². The molecule has 1 amide bonds. The fourth-order valence-corrected chi connectivity index (χ4v) is 6.65. The summed E-state index contributed by atoms with van der Waals surface area (Å²) in [6.45, 7) is 3.36. The van der Waals surface area contributed by atoms with Gasteiger partial charge in [0.05, 0.1) is 5.56 Å². The van der Waals surface area contributed by atoms with E-state index in [1.54, 1.807) is 20.2 Å². The molecule has 2 N–H and O–H groups in total. The Labute approximate surface area is 248 Å². The molecule has 218 valence electrons. The van der Waals surface area contributed by atoms with Gasteiger partial charge in [0.2, 0.25) is 0 Å². The molecule has 7 nitrogen and oxygen atoms in total. The summed E-state index contributed by atoms with van der Waals surface area (Å²) in [5.74, 6) is 1.95. The summed E-state index contributed by atoms with van der Waals surface area (Å²) in [4.78, 5) is 22.6. The van der Waals surface area contributed by atoms with Gasteiger partial charge in [0.15, 0.2) is 5.60 Å². The van der Waals surface area contributed by atoms with Crippen molar-refractivity contribution in [2.45, 2.75) is 43.9 Å². The fraction of sp³-hybridized carbons (Fsp3) is 0.455. The third-order valence-corrected chi connectivity index (χ3v) is 9.16. The molecule has 0 aliphatic carbocycles. The van der Waals surface area contributed by atoms with E-state index in [4.69, 9.17) is 11.6 Å². The number of pyridine rings is 1. The summed E-state index contributed by atoms with van der Waals surface area (Å²) in [5.41, 5.74) is 0.319. The first-order valence-corrected chi connectivity index (χ1v) is 15.0. The number of aliphatic hydroxyl groups excluding tert-OH is 1. The normalized spacial score (nSPS) is 18.3. The SMILES string of the molecule is CN(C)C(=O)c1ccc(N2CCC(CC3CCN(C(O)C(O)(c4ccccc4)c4ccccc4)CC3)CC2)nc1Cl. The molecule has 1 atom stereocenters. The van der Waals surface area contributed by atoms with Crippen molar-refractivity contribution < 1.29 is 15.0 Å². The predicted octanol–water partition coefficient (Wildman–Crippen LogP) is 5.01. The van der Waals surface area contributed by atoms with E-state index in [1.807, 2.05) is 71.6 Å². The largest absolute Gasteiger partial charge is 0.376 e. The van der Waals surface area contributed by atoms with E-state index in [2.05, 4.69) is 9.88 Å². The molecule has 0 saturated carbocycles. The minimum atomic E-state index is -1.50. The Bertz CT molecular complexity index is 1250. The molecule has 3 heterocycles. The van der Waals surface area contributed by atoms with Gasteiger partial charge in [-0.3, -0.25) is 9.69 Å². The average Bonchev–Trinajstić information content (AvgIpc) is 3.01. The summed E-state index contributed by atoms with van der Waals surface area (Å²) >= 11 is 6.35. The third kappa shape index (κ3) is 6.44. The molecular weight excluding hydrogens is 536 g/mol. The second kappa shape index (κ2) is 12.9. The first-order chi connectivity index (χ1) is 19.8. The van der Waals surface area contributed by atoms with Crippen molar-refractivity contribution in [2.24, 2.45) is 11.8 Å². The number of aliphatic hydroxyl groups is 2. The van der Waals surface area contributed by atoms with Crippen LogP contribution >= 0.6 is 11.6 Å². The lowest BCUT2D eigenvalue weighted by atomic mass is 9.81. The second-order valence-electron chi connectivity index (χ2n) is 11.7. The molecule has 0 spiro atoms. The maximum Gasteiger partial charge on any atom is 0.256 e. The lowest BCUT2D eigenvalue weighted by Crippen LogP contribution is -2.54. The molecule has 2 fully saturated rings. The first-order valence-electron chi connectivity index (χ1n) is 14.7. The van der Waals surface area contributed by atoms with Gasteiger partial charge in [0.1, 0.15) is 17.2 Å². The van der Waals surface area contributed by atoms with E-state index in [0.29, 0.717) is 28.5 Å². The molecular formula is C33H41ClN4O3. The van der Waals surface area contributed by atoms with Crippen molar-refractivity contribution in [2.75, 3.05) is 45.2 Å². The van der Waals surface area contributed by atoms with Gasteiger partial charge in [-0.1, -0.05) is 72.3 Å². The molecule has 2 saturated heterocycles. The Hall–Kier alpha value is -2.97. The number of hydrogen-bond donors (Lipinski definition) is 2. The van der Waals surface area contributed by atoms with Crippen LogP contribution in [0, 0.1) is 11.8 Å². The number of amides is 1. The molecule has 2 aromatic carbocycles. The van der Waals surface area contributed by atoms with E-state index >= 15 is 0 Å². The number of anilines is 1. The number of nitrogens with zero attached hydrogens (tertiary/aromatic N) is 4. The molecule has 8 heteroatoms. The first kappa shape index (κ1) is 29.5. The van der Waals surface area contributed by atoms with Gasteiger partial charge in [0.25, 0.3) is 5.91 Å². The second-order valence-corrected chi connectivity index (χ2v) is 12.1. The zero-order chi connectivity index (χ0) is 29.0. The number of carbonyl (C=O) groups excluding carboxylic acids is 1. The van der Waals surface area contributed by atoms with Crippen LogP contribution in [0.15, 0.2) is 72.8 Å². The Morgan fingerprint density at radius 2 is 1.41 bits per heavy atom. The predicted molar refractivity (Wildman–Crippen MR) is 163 cm³/mol. The summed E-state index contributed by atoms with van der Waals surface area (Å²) < 4.78 is 0. The minimum absolute atomic E-state index is 0.142. The minimum Gasteiger partial charge on any atom is -0.376 e. The summed E-state index contributed by atoms with van der Waals surface area (Å²) in [5, 5.41) is 23.8. The van der Waals surface area contributed by atoms with Crippen LogP contribution in [0.3, 0.4) is 0 Å². The van der Waals surface area contributed by atoms with Gasteiger partial charge in [-0.25, -0.2) is 4.98 Å². The van der Waals surface area contributed by atoms with Crippen LogP contribution in [-0.4, -0.2) is 77.4 Å². The van der Waals surface area contributed by atoms with E-state index in [1.165, 1.54) is 11.3 Å². The number of halogens is 1. The van der Waals surface area contributed by atoms with E-state index in [9.17, 15) is 15.0 Å². The molecule has 1 unspecified atom stereocenters. The number of piperidine rings is 2. The van der Waals surface area contributed by atoms with Gasteiger partial charge in [-0.05, 0) is 67.2 Å². The molecule has 0 radical (unpaired) electrons. The number of aromatic nitrogens is 1. The number of likely N-dealkylation sites (tertiary alicyclic amines) is 1. The Morgan fingerprint density at radius 3 is 1.90 bits per heavy atom. The highest BCUT2D eigenvalue weighted by molar-refractivity contribution is 6.32. The van der Waals surface area contributed by atoms with E-state index in [-0.39, 0.29) is 11.1 Å². The van der Waals surface area contributed by atoms with Crippen molar-refractivity contribution in [1.82, 2.24) is 14.8 Å². The lowest BCUT2D eigenvalue weighted by Gasteiger charge is -2.44. The van der Waals surface area contributed by atoms with Crippen molar-refractivity contribution in [3.05, 3.63) is 94.6 Å². The van der Waals surface area contributed by atoms with E-state index in [0.717, 1.165) is 57.7 Å². The van der Waals surface area contributed by atoms with Crippen LogP contribution < -0.4 is 4.90 Å². The maximum atomic E-state index is 12.3. The van der Waals surface area contributed by atoms with Gasteiger partial charge in [-0.2, -0.15) is 0 Å². The van der Waals surface area contributed by atoms with Crippen LogP contribution in [0.1, 0.15) is 53.6 Å². The summed E-state index contributed by atoms with van der Waals surface area (Å²) in [6.07, 6.45) is 4.37. The number of carbonyl (C=O) groups is 1. The Kier molecular flexibility index (Phi) is 9.29. The van der Waals surface area contributed by atoms with Crippen LogP contribution in [-0.2, 0) is 5.60 Å². The van der Waals surface area contributed by atoms with Crippen LogP contribution in [0.4, 0.5) is 5.82 Å².